The van der Waals surface area contributed by atoms with Crippen LogP contribution in [0, 0.1) is 5.41 Å². The highest BCUT2D eigenvalue weighted by molar-refractivity contribution is 6.00. The molecule has 0 unspecified atom stereocenters. The molecule has 2 aromatic carbocycles. The van der Waals surface area contributed by atoms with Crippen molar-refractivity contribution >= 4 is 29.1 Å². The van der Waals surface area contributed by atoms with Gasteiger partial charge in [-0.25, -0.2) is 0 Å². The first-order valence-electron chi connectivity index (χ1n) is 13.2. The molecule has 2 aliphatic heterocycles. The van der Waals surface area contributed by atoms with Crippen molar-refractivity contribution < 1.29 is 14.4 Å². The lowest BCUT2D eigenvalue weighted by Crippen LogP contribution is -2.46. The van der Waals surface area contributed by atoms with Gasteiger partial charge in [0, 0.05) is 69.9 Å². The lowest BCUT2D eigenvalue weighted by atomic mass is 9.92. The average Bonchev–Trinajstić information content (AvgIpc) is 3.14. The summed E-state index contributed by atoms with van der Waals surface area (Å²) in [6.45, 7) is 11.7. The van der Waals surface area contributed by atoms with Gasteiger partial charge < -0.3 is 25.3 Å². The highest BCUT2D eigenvalue weighted by atomic mass is 16.2. The number of nitrogens with zero attached hydrogens (tertiary/aromatic N) is 3. The van der Waals surface area contributed by atoms with E-state index in [9.17, 15) is 14.4 Å². The van der Waals surface area contributed by atoms with Crippen molar-refractivity contribution in [2.75, 3.05) is 62.6 Å². The molecule has 2 aromatic rings. The second kappa shape index (κ2) is 11.8. The van der Waals surface area contributed by atoms with Crippen LogP contribution in [-0.4, -0.2) is 79.9 Å². The Hall–Kier alpha value is -3.39. The van der Waals surface area contributed by atoms with Crippen molar-refractivity contribution in [1.82, 2.24) is 15.1 Å². The molecule has 2 aliphatic rings. The molecule has 0 bridgehead atoms. The number of hydrogen-bond donors (Lipinski definition) is 2. The van der Waals surface area contributed by atoms with Gasteiger partial charge in [-0.1, -0.05) is 39.0 Å². The van der Waals surface area contributed by atoms with E-state index < -0.39 is 0 Å². The van der Waals surface area contributed by atoms with E-state index in [-0.39, 0.29) is 23.1 Å². The Kier molecular flexibility index (Phi) is 8.48. The highest BCUT2D eigenvalue weighted by Gasteiger charge is 2.25. The first-order chi connectivity index (χ1) is 17.7. The molecule has 0 spiro atoms. The summed E-state index contributed by atoms with van der Waals surface area (Å²) in [5, 5.41) is 6.37. The number of piperazine rings is 1. The van der Waals surface area contributed by atoms with Crippen LogP contribution >= 0.6 is 0 Å². The summed E-state index contributed by atoms with van der Waals surface area (Å²) in [6, 6.07) is 15.0. The molecule has 0 aromatic heterocycles. The topological polar surface area (TPSA) is 85.0 Å². The van der Waals surface area contributed by atoms with Gasteiger partial charge in [0.15, 0.2) is 0 Å². The van der Waals surface area contributed by atoms with Crippen LogP contribution < -0.4 is 15.5 Å². The smallest absolute Gasteiger partial charge is 0.254 e. The first-order valence-corrected chi connectivity index (χ1v) is 13.2. The number of carbonyl (C=O) groups is 3. The van der Waals surface area contributed by atoms with E-state index in [0.29, 0.717) is 56.0 Å². The molecule has 8 heteroatoms. The maximum absolute atomic E-state index is 13.2. The quantitative estimate of drug-likeness (QED) is 0.650. The van der Waals surface area contributed by atoms with E-state index in [1.165, 1.54) is 0 Å². The molecular formula is C29H39N5O3. The molecule has 0 saturated carbocycles. The van der Waals surface area contributed by atoms with Crippen LogP contribution in [0.3, 0.4) is 0 Å². The summed E-state index contributed by atoms with van der Waals surface area (Å²) in [5.41, 5.74) is 2.65. The number of carbonyl (C=O) groups excluding carboxylic acids is 3. The predicted octanol–water partition coefficient (Wildman–Crippen LogP) is 3.46. The van der Waals surface area contributed by atoms with Gasteiger partial charge in [-0.2, -0.15) is 0 Å². The van der Waals surface area contributed by atoms with Crippen LogP contribution in [0.5, 0.6) is 0 Å². The number of nitrogens with one attached hydrogen (secondary N) is 2. The monoisotopic (exact) mass is 505 g/mol. The predicted molar refractivity (Wildman–Crippen MR) is 147 cm³/mol. The summed E-state index contributed by atoms with van der Waals surface area (Å²) in [6.07, 6.45) is 1.19. The Bertz CT molecular complexity index is 1110. The van der Waals surface area contributed by atoms with E-state index in [2.05, 4.69) is 15.5 Å². The van der Waals surface area contributed by atoms with Gasteiger partial charge in [-0.05, 0) is 42.2 Å². The minimum Gasteiger partial charge on any atom is -0.368 e. The minimum atomic E-state index is -0.153. The second-order valence-electron chi connectivity index (χ2n) is 11.1. The molecule has 37 heavy (non-hydrogen) atoms. The third kappa shape index (κ3) is 7.10. The average molecular weight is 506 g/mol. The lowest BCUT2D eigenvalue weighted by molar-refractivity contribution is -0.117. The first kappa shape index (κ1) is 26.7. The van der Waals surface area contributed by atoms with Crippen LogP contribution in [0.25, 0.3) is 0 Å². The van der Waals surface area contributed by atoms with Crippen molar-refractivity contribution in [2.45, 2.75) is 33.6 Å². The van der Waals surface area contributed by atoms with Gasteiger partial charge in [0.2, 0.25) is 5.91 Å². The summed E-state index contributed by atoms with van der Waals surface area (Å²) in [4.78, 5) is 45.1. The molecule has 4 rings (SSSR count). The zero-order valence-electron chi connectivity index (χ0n) is 22.3. The van der Waals surface area contributed by atoms with Crippen molar-refractivity contribution in [3.63, 3.8) is 0 Å². The van der Waals surface area contributed by atoms with Gasteiger partial charge >= 0.3 is 0 Å². The molecule has 3 amide bonds. The zero-order valence-corrected chi connectivity index (χ0v) is 22.3. The molecule has 198 valence electrons. The SMILES string of the molecule is CC(C)(C)CC(=O)Nc1cc(C(=O)N2CCNCC2)ccc1N1CCCN(C(=O)c2ccccc2)CC1. The molecule has 0 atom stereocenters. The fourth-order valence-electron chi connectivity index (χ4n) is 4.90. The van der Waals surface area contributed by atoms with Crippen LogP contribution in [-0.2, 0) is 4.79 Å². The summed E-state index contributed by atoms with van der Waals surface area (Å²) < 4.78 is 0. The van der Waals surface area contributed by atoms with Gasteiger partial charge in [-0.15, -0.1) is 0 Å². The zero-order chi connectivity index (χ0) is 26.4. The molecule has 0 radical (unpaired) electrons. The van der Waals surface area contributed by atoms with Gasteiger partial charge in [0.1, 0.15) is 0 Å². The van der Waals surface area contributed by atoms with Crippen LogP contribution in [0.1, 0.15) is 54.3 Å². The van der Waals surface area contributed by atoms with Crippen molar-refractivity contribution in [3.8, 4) is 0 Å². The fraction of sp³-hybridized carbons (Fsp3) is 0.483. The molecule has 8 nitrogen and oxygen atoms in total. The molecule has 0 aliphatic carbocycles. The Morgan fingerprint density at radius 1 is 0.811 bits per heavy atom. The maximum atomic E-state index is 13.2. The van der Waals surface area contributed by atoms with E-state index >= 15 is 0 Å². The second-order valence-corrected chi connectivity index (χ2v) is 11.1. The number of amides is 3. The molecular weight excluding hydrogens is 466 g/mol. The number of anilines is 2. The number of benzene rings is 2. The van der Waals surface area contributed by atoms with Gasteiger partial charge in [0.25, 0.3) is 11.8 Å². The lowest BCUT2D eigenvalue weighted by Gasteiger charge is -2.29. The summed E-state index contributed by atoms with van der Waals surface area (Å²) >= 11 is 0. The number of rotatable bonds is 5. The summed E-state index contributed by atoms with van der Waals surface area (Å²) in [7, 11) is 0. The molecule has 2 N–H and O–H groups in total. The van der Waals surface area contributed by atoms with Crippen molar-refractivity contribution in [3.05, 3.63) is 59.7 Å². The van der Waals surface area contributed by atoms with Crippen molar-refractivity contribution in [1.29, 1.82) is 0 Å². The van der Waals surface area contributed by atoms with E-state index in [0.717, 1.165) is 31.7 Å². The third-order valence-electron chi connectivity index (χ3n) is 6.76. The fourth-order valence-corrected chi connectivity index (χ4v) is 4.90. The highest BCUT2D eigenvalue weighted by Crippen LogP contribution is 2.30. The van der Waals surface area contributed by atoms with E-state index in [4.69, 9.17) is 0 Å². The van der Waals surface area contributed by atoms with E-state index in [1.54, 1.807) is 0 Å². The van der Waals surface area contributed by atoms with Crippen LogP contribution in [0.4, 0.5) is 11.4 Å². The minimum absolute atomic E-state index is 0.0186. The largest absolute Gasteiger partial charge is 0.368 e. The Morgan fingerprint density at radius 2 is 1.49 bits per heavy atom. The van der Waals surface area contributed by atoms with Crippen LogP contribution in [0.15, 0.2) is 48.5 Å². The summed E-state index contributed by atoms with van der Waals surface area (Å²) in [5.74, 6) is -0.0517. The normalized spacial score (nSPS) is 16.8. The third-order valence-corrected chi connectivity index (χ3v) is 6.76. The Labute approximate surface area is 220 Å². The standard InChI is InChI=1S/C29H39N5O3/c1-29(2,3)21-26(35)31-24-20-23(28(37)34-16-12-30-13-17-34)10-11-25(24)32-14-7-15-33(19-18-32)27(36)22-8-5-4-6-9-22/h4-6,8-11,20,30H,7,12-19,21H2,1-3H3,(H,31,35). The van der Waals surface area contributed by atoms with Crippen molar-refractivity contribution in [2.24, 2.45) is 5.41 Å². The molecule has 2 fully saturated rings. The number of hydrogen-bond acceptors (Lipinski definition) is 5. The molecule has 2 saturated heterocycles. The van der Waals surface area contributed by atoms with Crippen LogP contribution in [0.2, 0.25) is 0 Å². The van der Waals surface area contributed by atoms with Gasteiger partial charge in [0.05, 0.1) is 11.4 Å². The van der Waals surface area contributed by atoms with Gasteiger partial charge in [-0.3, -0.25) is 14.4 Å². The molecule has 2 heterocycles. The Morgan fingerprint density at radius 3 is 2.19 bits per heavy atom. The van der Waals surface area contributed by atoms with E-state index in [1.807, 2.05) is 79.1 Å². The Balaban J connectivity index is 1.55. The maximum Gasteiger partial charge on any atom is 0.254 e.